The maximum atomic E-state index is 12.1. The number of nitrogens with zero attached hydrogens (tertiary/aromatic N) is 2. The topological polar surface area (TPSA) is 23.6 Å². The van der Waals surface area contributed by atoms with Gasteiger partial charge in [0.1, 0.15) is 0 Å². The monoisotopic (exact) mass is 352 g/mol. The summed E-state index contributed by atoms with van der Waals surface area (Å²) in [6.45, 7) is 4.80. The molecule has 2 bridgehead atoms. The van der Waals surface area contributed by atoms with E-state index in [1.54, 1.807) is 6.07 Å². The molecule has 2 saturated heterocycles. The van der Waals surface area contributed by atoms with Crippen molar-refractivity contribution < 1.29 is 4.79 Å². The average Bonchev–Trinajstić information content (AvgIpc) is 2.76. The van der Waals surface area contributed by atoms with Gasteiger partial charge in [-0.2, -0.15) is 0 Å². The molecule has 1 aromatic carbocycles. The Hall–Kier alpha value is -1.03. The van der Waals surface area contributed by atoms with Gasteiger partial charge in [0.05, 0.1) is 0 Å². The molecule has 1 amide bonds. The number of fused-ring (bicyclic) bond motifs is 2. The zero-order valence-electron chi connectivity index (χ0n) is 13.3. The van der Waals surface area contributed by atoms with Gasteiger partial charge in [-0.05, 0) is 36.6 Å². The van der Waals surface area contributed by atoms with Gasteiger partial charge < -0.3 is 4.90 Å². The first-order chi connectivity index (χ1) is 11.1. The van der Waals surface area contributed by atoms with Crippen LogP contribution in [0.3, 0.4) is 0 Å². The highest BCUT2D eigenvalue weighted by atomic mass is 35.5. The van der Waals surface area contributed by atoms with E-state index in [9.17, 15) is 4.79 Å². The van der Waals surface area contributed by atoms with E-state index in [1.165, 1.54) is 0 Å². The third kappa shape index (κ3) is 3.90. The summed E-state index contributed by atoms with van der Waals surface area (Å²) in [7, 11) is 0. The SMILES string of the molecule is CCC(=O)N1C2CCC1CN(C/C=C/c1cc(Cl)cc(Cl)c1)C2. The molecule has 3 nitrogen and oxygen atoms in total. The van der Waals surface area contributed by atoms with E-state index in [1.807, 2.05) is 19.1 Å². The van der Waals surface area contributed by atoms with Crippen molar-refractivity contribution in [1.82, 2.24) is 9.80 Å². The molecule has 0 radical (unpaired) electrons. The number of amides is 1. The average molecular weight is 353 g/mol. The van der Waals surface area contributed by atoms with Crippen LogP contribution in [-0.2, 0) is 4.79 Å². The van der Waals surface area contributed by atoms with Crippen LogP contribution < -0.4 is 0 Å². The first-order valence-corrected chi connectivity index (χ1v) is 8.98. The second kappa shape index (κ2) is 7.25. The summed E-state index contributed by atoms with van der Waals surface area (Å²) in [4.78, 5) is 16.6. The molecule has 0 spiro atoms. The van der Waals surface area contributed by atoms with Crippen LogP contribution in [0.4, 0.5) is 0 Å². The highest BCUT2D eigenvalue weighted by Gasteiger charge is 2.41. The van der Waals surface area contributed by atoms with Gasteiger partial charge in [0, 0.05) is 48.2 Å². The van der Waals surface area contributed by atoms with E-state index in [0.29, 0.717) is 34.5 Å². The molecule has 124 valence electrons. The summed E-state index contributed by atoms with van der Waals surface area (Å²) >= 11 is 12.0. The molecule has 23 heavy (non-hydrogen) atoms. The maximum Gasteiger partial charge on any atom is 0.222 e. The van der Waals surface area contributed by atoms with Crippen molar-refractivity contribution in [3.05, 3.63) is 39.9 Å². The van der Waals surface area contributed by atoms with Crippen LogP contribution in [0.5, 0.6) is 0 Å². The first-order valence-electron chi connectivity index (χ1n) is 8.23. The molecule has 0 aromatic heterocycles. The van der Waals surface area contributed by atoms with Crippen molar-refractivity contribution >= 4 is 35.2 Å². The highest BCUT2D eigenvalue weighted by molar-refractivity contribution is 6.34. The van der Waals surface area contributed by atoms with Crippen molar-refractivity contribution in [2.45, 2.75) is 38.3 Å². The van der Waals surface area contributed by atoms with Gasteiger partial charge in [0.2, 0.25) is 5.91 Å². The van der Waals surface area contributed by atoms with Gasteiger partial charge in [-0.25, -0.2) is 0 Å². The van der Waals surface area contributed by atoms with Crippen LogP contribution >= 0.6 is 23.2 Å². The summed E-state index contributed by atoms with van der Waals surface area (Å²) in [5.41, 5.74) is 1.02. The van der Waals surface area contributed by atoms with Crippen molar-refractivity contribution in [2.24, 2.45) is 0 Å². The predicted molar refractivity (Wildman–Crippen MR) is 95.9 cm³/mol. The lowest BCUT2D eigenvalue weighted by Gasteiger charge is -2.40. The molecule has 2 unspecified atom stereocenters. The van der Waals surface area contributed by atoms with E-state index < -0.39 is 0 Å². The zero-order valence-corrected chi connectivity index (χ0v) is 14.9. The van der Waals surface area contributed by atoms with Crippen LogP contribution in [0.25, 0.3) is 6.08 Å². The second-order valence-corrected chi connectivity index (χ2v) is 7.24. The van der Waals surface area contributed by atoms with E-state index in [-0.39, 0.29) is 0 Å². The normalized spacial score (nSPS) is 24.6. The fourth-order valence-corrected chi connectivity index (χ4v) is 4.28. The molecule has 2 aliphatic rings. The van der Waals surface area contributed by atoms with Crippen LogP contribution in [0, 0.1) is 0 Å². The Morgan fingerprint density at radius 2 is 1.78 bits per heavy atom. The van der Waals surface area contributed by atoms with Gasteiger partial charge in [-0.15, -0.1) is 0 Å². The lowest BCUT2D eigenvalue weighted by Crippen LogP contribution is -2.55. The Morgan fingerprint density at radius 3 is 2.35 bits per heavy atom. The quantitative estimate of drug-likeness (QED) is 0.814. The van der Waals surface area contributed by atoms with Crippen LogP contribution in [0.1, 0.15) is 31.7 Å². The highest BCUT2D eigenvalue weighted by Crippen LogP contribution is 2.30. The second-order valence-electron chi connectivity index (χ2n) is 6.36. The molecule has 2 heterocycles. The zero-order chi connectivity index (χ0) is 16.4. The molecule has 1 aromatic rings. The molecular formula is C18H22Cl2N2O. The largest absolute Gasteiger partial charge is 0.334 e. The Labute approximate surface area is 147 Å². The number of likely N-dealkylation sites (tertiary alicyclic amines) is 1. The minimum Gasteiger partial charge on any atom is -0.334 e. The number of benzene rings is 1. The van der Waals surface area contributed by atoms with E-state index in [0.717, 1.165) is 38.0 Å². The number of carbonyl (C=O) groups is 1. The summed E-state index contributed by atoms with van der Waals surface area (Å²) in [5.74, 6) is 0.307. The summed E-state index contributed by atoms with van der Waals surface area (Å²) in [6, 6.07) is 6.35. The van der Waals surface area contributed by atoms with Crippen molar-refractivity contribution in [1.29, 1.82) is 0 Å². The molecular weight excluding hydrogens is 331 g/mol. The van der Waals surface area contributed by atoms with E-state index in [4.69, 9.17) is 23.2 Å². The number of hydrogen-bond donors (Lipinski definition) is 0. The molecule has 2 fully saturated rings. The van der Waals surface area contributed by atoms with Crippen LogP contribution in [-0.4, -0.2) is 47.4 Å². The molecule has 5 heteroatoms. The number of halogens is 2. The van der Waals surface area contributed by atoms with Gasteiger partial charge in [-0.1, -0.05) is 42.3 Å². The first kappa shape index (κ1) is 16.8. The Bertz CT molecular complexity index is 583. The molecule has 0 aliphatic carbocycles. The van der Waals surface area contributed by atoms with Gasteiger partial charge in [0.25, 0.3) is 0 Å². The predicted octanol–water partition coefficient (Wildman–Crippen LogP) is 4.09. The summed E-state index contributed by atoms with van der Waals surface area (Å²) < 4.78 is 0. The smallest absolute Gasteiger partial charge is 0.222 e. The number of carbonyl (C=O) groups excluding carboxylic acids is 1. The number of piperazine rings is 1. The van der Waals surface area contributed by atoms with Crippen molar-refractivity contribution in [3.8, 4) is 0 Å². The third-order valence-corrected chi connectivity index (χ3v) is 5.14. The molecule has 2 aliphatic heterocycles. The Kier molecular flexibility index (Phi) is 5.30. The van der Waals surface area contributed by atoms with Crippen LogP contribution in [0.2, 0.25) is 10.0 Å². The van der Waals surface area contributed by atoms with Gasteiger partial charge in [-0.3, -0.25) is 9.69 Å². The minimum absolute atomic E-state index is 0.307. The lowest BCUT2D eigenvalue weighted by atomic mass is 10.1. The third-order valence-electron chi connectivity index (χ3n) is 4.71. The van der Waals surface area contributed by atoms with E-state index in [2.05, 4.69) is 22.0 Å². The maximum absolute atomic E-state index is 12.1. The standard InChI is InChI=1S/C18H22Cl2N2O/c1-2-18(23)22-16-5-6-17(22)12-21(11-16)7-3-4-13-8-14(19)10-15(20)9-13/h3-4,8-10,16-17H,2,5-7,11-12H2,1H3/b4-3+. The fraction of sp³-hybridized carbons (Fsp3) is 0.500. The summed E-state index contributed by atoms with van der Waals surface area (Å²) in [5, 5.41) is 1.31. The molecule has 3 rings (SSSR count). The summed E-state index contributed by atoms with van der Waals surface area (Å²) in [6.07, 6.45) is 7.10. The van der Waals surface area contributed by atoms with Gasteiger partial charge >= 0.3 is 0 Å². The minimum atomic E-state index is 0.307. The number of hydrogen-bond acceptors (Lipinski definition) is 2. The lowest BCUT2D eigenvalue weighted by molar-refractivity contribution is -0.136. The Morgan fingerprint density at radius 1 is 1.17 bits per heavy atom. The van der Waals surface area contributed by atoms with Crippen molar-refractivity contribution in [2.75, 3.05) is 19.6 Å². The van der Waals surface area contributed by atoms with Crippen molar-refractivity contribution in [3.63, 3.8) is 0 Å². The fourth-order valence-electron chi connectivity index (χ4n) is 3.74. The molecule has 2 atom stereocenters. The van der Waals surface area contributed by atoms with Crippen LogP contribution in [0.15, 0.2) is 24.3 Å². The van der Waals surface area contributed by atoms with Gasteiger partial charge in [0.15, 0.2) is 0 Å². The Balaban J connectivity index is 1.58. The molecule has 0 saturated carbocycles. The molecule has 0 N–H and O–H groups in total. The number of rotatable bonds is 4. The van der Waals surface area contributed by atoms with E-state index >= 15 is 0 Å².